The molecule has 0 radical (unpaired) electrons. The van der Waals surface area contributed by atoms with Crippen LogP contribution in [-0.2, 0) is 0 Å². The number of aromatic nitrogens is 1. The standard InChI is InChI=1S/C27H25NO/c1-19(2)21-14-16-23(17-15-21)27-20(3)26(29)18-25(22-10-6-4-7-11-22)28(27)24-12-8-5-9-13-24/h4-19H,1-3H3. The van der Waals surface area contributed by atoms with Crippen LogP contribution in [0.4, 0.5) is 0 Å². The Morgan fingerprint density at radius 3 is 1.90 bits per heavy atom. The molecule has 4 rings (SSSR count). The molecule has 0 fully saturated rings. The van der Waals surface area contributed by atoms with Gasteiger partial charge in [-0.25, -0.2) is 0 Å². The molecule has 2 heteroatoms. The third kappa shape index (κ3) is 3.66. The van der Waals surface area contributed by atoms with Crippen molar-refractivity contribution in [3.05, 3.63) is 112 Å². The first-order valence-electron chi connectivity index (χ1n) is 10.0. The summed E-state index contributed by atoms with van der Waals surface area (Å²) in [4.78, 5) is 13.0. The minimum absolute atomic E-state index is 0.0546. The molecule has 0 atom stereocenters. The number of pyridine rings is 1. The summed E-state index contributed by atoms with van der Waals surface area (Å²) < 4.78 is 2.20. The van der Waals surface area contributed by atoms with Crippen LogP contribution in [0, 0.1) is 6.92 Å². The van der Waals surface area contributed by atoms with E-state index in [1.165, 1.54) is 5.56 Å². The lowest BCUT2D eigenvalue weighted by Crippen LogP contribution is -2.15. The van der Waals surface area contributed by atoms with Crippen LogP contribution in [0.25, 0.3) is 28.2 Å². The van der Waals surface area contributed by atoms with E-state index in [1.807, 2.05) is 43.3 Å². The van der Waals surface area contributed by atoms with E-state index in [1.54, 1.807) is 6.07 Å². The van der Waals surface area contributed by atoms with E-state index in [-0.39, 0.29) is 5.43 Å². The molecule has 144 valence electrons. The lowest BCUT2D eigenvalue weighted by Gasteiger charge is -2.22. The normalized spacial score (nSPS) is 11.0. The Morgan fingerprint density at radius 1 is 0.724 bits per heavy atom. The van der Waals surface area contributed by atoms with Crippen molar-refractivity contribution in [2.45, 2.75) is 26.7 Å². The van der Waals surface area contributed by atoms with Crippen LogP contribution in [-0.4, -0.2) is 4.57 Å². The number of rotatable bonds is 4. The SMILES string of the molecule is Cc1c(-c2ccc(C(C)C)cc2)n(-c2ccccc2)c(-c2ccccc2)cc1=O. The molecule has 0 amide bonds. The van der Waals surface area contributed by atoms with Crippen LogP contribution in [0.2, 0.25) is 0 Å². The maximum atomic E-state index is 13.0. The predicted octanol–water partition coefficient (Wildman–Crippen LogP) is 6.60. The Bertz CT molecular complexity index is 1170. The van der Waals surface area contributed by atoms with E-state index < -0.39 is 0 Å². The van der Waals surface area contributed by atoms with Gasteiger partial charge in [-0.2, -0.15) is 0 Å². The van der Waals surface area contributed by atoms with Crippen molar-refractivity contribution in [2.24, 2.45) is 0 Å². The molecule has 0 aliphatic heterocycles. The van der Waals surface area contributed by atoms with Crippen molar-refractivity contribution in [1.29, 1.82) is 0 Å². The molecule has 4 aromatic rings. The second-order valence-electron chi connectivity index (χ2n) is 7.68. The first kappa shape index (κ1) is 18.9. The van der Waals surface area contributed by atoms with Gasteiger partial charge < -0.3 is 4.57 Å². The summed E-state index contributed by atoms with van der Waals surface area (Å²) in [5, 5.41) is 0. The number of benzene rings is 3. The summed E-state index contributed by atoms with van der Waals surface area (Å²) in [6, 6.07) is 30.7. The van der Waals surface area contributed by atoms with Crippen molar-refractivity contribution in [1.82, 2.24) is 4.57 Å². The largest absolute Gasteiger partial charge is 0.309 e. The monoisotopic (exact) mass is 379 g/mol. The summed E-state index contributed by atoms with van der Waals surface area (Å²) in [5.74, 6) is 0.470. The van der Waals surface area contributed by atoms with E-state index in [2.05, 4.69) is 66.9 Å². The zero-order valence-corrected chi connectivity index (χ0v) is 17.1. The highest BCUT2D eigenvalue weighted by Crippen LogP contribution is 2.32. The molecule has 0 unspecified atom stereocenters. The molecule has 0 spiro atoms. The summed E-state index contributed by atoms with van der Waals surface area (Å²) >= 11 is 0. The molecule has 1 aromatic heterocycles. The molecule has 0 saturated carbocycles. The van der Waals surface area contributed by atoms with E-state index in [0.29, 0.717) is 5.92 Å². The highest BCUT2D eigenvalue weighted by atomic mass is 16.1. The zero-order valence-electron chi connectivity index (χ0n) is 17.1. The molecule has 29 heavy (non-hydrogen) atoms. The molecule has 0 saturated heterocycles. The molecule has 3 aromatic carbocycles. The Labute approximate surface area is 172 Å². The molecule has 0 aliphatic rings. The Kier molecular flexibility index (Phi) is 5.18. The minimum atomic E-state index is 0.0546. The van der Waals surface area contributed by atoms with Crippen LogP contribution >= 0.6 is 0 Å². The molecule has 2 nitrogen and oxygen atoms in total. The van der Waals surface area contributed by atoms with Gasteiger partial charge in [-0.3, -0.25) is 4.79 Å². The Morgan fingerprint density at radius 2 is 1.31 bits per heavy atom. The van der Waals surface area contributed by atoms with Gasteiger partial charge in [0.05, 0.1) is 11.4 Å². The fourth-order valence-corrected chi connectivity index (χ4v) is 3.74. The lowest BCUT2D eigenvalue weighted by atomic mass is 9.97. The van der Waals surface area contributed by atoms with Gasteiger partial charge in [0.25, 0.3) is 0 Å². The molecule has 0 bridgehead atoms. The van der Waals surface area contributed by atoms with E-state index in [0.717, 1.165) is 33.8 Å². The van der Waals surface area contributed by atoms with Gasteiger partial charge in [-0.15, -0.1) is 0 Å². The zero-order chi connectivity index (χ0) is 20.4. The van der Waals surface area contributed by atoms with Gasteiger partial charge >= 0.3 is 0 Å². The van der Waals surface area contributed by atoms with Crippen LogP contribution < -0.4 is 5.43 Å². The average Bonchev–Trinajstić information content (AvgIpc) is 2.76. The smallest absolute Gasteiger partial charge is 0.185 e. The topological polar surface area (TPSA) is 22.0 Å². The van der Waals surface area contributed by atoms with Crippen LogP contribution in [0.5, 0.6) is 0 Å². The lowest BCUT2D eigenvalue weighted by molar-refractivity contribution is 0.866. The highest BCUT2D eigenvalue weighted by molar-refractivity contribution is 5.73. The second kappa shape index (κ2) is 7.92. The van der Waals surface area contributed by atoms with Crippen molar-refractivity contribution < 1.29 is 0 Å². The van der Waals surface area contributed by atoms with Crippen LogP contribution in [0.1, 0.15) is 30.9 Å². The second-order valence-corrected chi connectivity index (χ2v) is 7.68. The first-order chi connectivity index (χ1) is 14.1. The maximum Gasteiger partial charge on any atom is 0.185 e. The molecular weight excluding hydrogens is 354 g/mol. The van der Waals surface area contributed by atoms with Gasteiger partial charge in [0, 0.05) is 17.3 Å². The van der Waals surface area contributed by atoms with Gasteiger partial charge in [-0.1, -0.05) is 86.6 Å². The van der Waals surface area contributed by atoms with Crippen molar-refractivity contribution in [3.63, 3.8) is 0 Å². The van der Waals surface area contributed by atoms with Gasteiger partial charge in [-0.05, 0) is 41.7 Å². The average molecular weight is 380 g/mol. The molecule has 0 N–H and O–H groups in total. The van der Waals surface area contributed by atoms with Gasteiger partial charge in [0.1, 0.15) is 0 Å². The predicted molar refractivity (Wildman–Crippen MR) is 122 cm³/mol. The van der Waals surface area contributed by atoms with Crippen LogP contribution in [0.3, 0.4) is 0 Å². The van der Waals surface area contributed by atoms with E-state index >= 15 is 0 Å². The van der Waals surface area contributed by atoms with Crippen LogP contribution in [0.15, 0.2) is 95.8 Å². The fraction of sp³-hybridized carbons (Fsp3) is 0.148. The highest BCUT2D eigenvalue weighted by Gasteiger charge is 2.17. The maximum absolute atomic E-state index is 13.0. The minimum Gasteiger partial charge on any atom is -0.309 e. The first-order valence-corrected chi connectivity index (χ1v) is 10.0. The quantitative estimate of drug-likeness (QED) is 0.391. The van der Waals surface area contributed by atoms with Crippen molar-refractivity contribution in [2.75, 3.05) is 0 Å². The Hall–Kier alpha value is -3.39. The van der Waals surface area contributed by atoms with Gasteiger partial charge in [0.15, 0.2) is 5.43 Å². The van der Waals surface area contributed by atoms with E-state index in [9.17, 15) is 4.79 Å². The Balaban J connectivity index is 2.06. The third-order valence-corrected chi connectivity index (χ3v) is 5.39. The van der Waals surface area contributed by atoms with Crippen molar-refractivity contribution >= 4 is 0 Å². The third-order valence-electron chi connectivity index (χ3n) is 5.39. The van der Waals surface area contributed by atoms with Crippen molar-refractivity contribution in [3.8, 4) is 28.2 Å². The van der Waals surface area contributed by atoms with E-state index in [4.69, 9.17) is 0 Å². The summed E-state index contributed by atoms with van der Waals surface area (Å²) in [6.45, 7) is 6.30. The summed E-state index contributed by atoms with van der Waals surface area (Å²) in [6.07, 6.45) is 0. The summed E-state index contributed by atoms with van der Waals surface area (Å²) in [5.41, 5.74) is 7.05. The number of nitrogens with zero attached hydrogens (tertiary/aromatic N) is 1. The number of hydrogen-bond donors (Lipinski definition) is 0. The number of para-hydroxylation sites is 1. The fourth-order valence-electron chi connectivity index (χ4n) is 3.74. The molecular formula is C27H25NO. The summed E-state index contributed by atoms with van der Waals surface area (Å²) in [7, 11) is 0. The van der Waals surface area contributed by atoms with Gasteiger partial charge in [0.2, 0.25) is 0 Å². The molecule has 1 heterocycles. The number of hydrogen-bond acceptors (Lipinski definition) is 1. The molecule has 0 aliphatic carbocycles.